The van der Waals surface area contributed by atoms with Crippen LogP contribution in [0.1, 0.15) is 17.4 Å². The Bertz CT molecular complexity index is 1130. The Kier molecular flexibility index (Phi) is 8.41. The summed E-state index contributed by atoms with van der Waals surface area (Å²) in [5, 5.41) is 12.8. The summed E-state index contributed by atoms with van der Waals surface area (Å²) in [6.45, 7) is 3.83. The number of nitrogens with zero attached hydrogens (tertiary/aromatic N) is 3. The van der Waals surface area contributed by atoms with Gasteiger partial charge in [-0.15, -0.1) is 22.7 Å². The number of halogens is 1. The summed E-state index contributed by atoms with van der Waals surface area (Å²) in [7, 11) is 3.09. The van der Waals surface area contributed by atoms with Gasteiger partial charge in [-0.3, -0.25) is 14.8 Å². The van der Waals surface area contributed by atoms with Gasteiger partial charge in [0, 0.05) is 0 Å². The van der Waals surface area contributed by atoms with Crippen LogP contribution >= 0.6 is 22.7 Å². The van der Waals surface area contributed by atoms with E-state index in [0.717, 1.165) is 21.3 Å². The fourth-order valence-corrected chi connectivity index (χ4v) is 4.34. The van der Waals surface area contributed by atoms with Crippen molar-refractivity contribution in [2.45, 2.75) is 21.3 Å². The van der Waals surface area contributed by atoms with E-state index in [1.165, 1.54) is 23.1 Å². The molecule has 0 N–H and O–H groups in total. The molecule has 0 atom stereocenters. The van der Waals surface area contributed by atoms with E-state index in [1.807, 2.05) is 32.0 Å². The van der Waals surface area contributed by atoms with Gasteiger partial charge in [0.1, 0.15) is 10.4 Å². The van der Waals surface area contributed by atoms with Crippen molar-refractivity contribution in [3.63, 3.8) is 0 Å². The number of benzene rings is 2. The van der Waals surface area contributed by atoms with Crippen molar-refractivity contribution in [1.29, 1.82) is 0 Å². The number of thiazole rings is 2. The molecule has 2 aromatic carbocycles. The molecule has 2 heterocycles. The lowest BCUT2D eigenvalue weighted by atomic mass is 10.3. The van der Waals surface area contributed by atoms with Crippen LogP contribution in [0.25, 0.3) is 20.4 Å². The largest absolute Gasteiger partial charge is 0.497 e. The highest BCUT2D eigenvalue weighted by atomic mass is 32.1. The molecular formula is C19H22FN3O4S2. The zero-order valence-corrected chi connectivity index (χ0v) is 17.2. The Balaban J connectivity index is 0.000000277. The second-order valence-corrected chi connectivity index (χ2v) is 7.96. The lowest BCUT2D eigenvalue weighted by molar-refractivity contribution is -0.383. The molecule has 0 aliphatic heterocycles. The number of nitro groups is 1. The Labute approximate surface area is 175 Å². The van der Waals surface area contributed by atoms with Gasteiger partial charge >= 0.3 is 5.69 Å². The van der Waals surface area contributed by atoms with Gasteiger partial charge in [-0.1, -0.05) is 7.43 Å². The van der Waals surface area contributed by atoms with E-state index in [9.17, 15) is 10.1 Å². The predicted octanol–water partition coefficient (Wildman–Crippen LogP) is 5.92. The third kappa shape index (κ3) is 5.15. The van der Waals surface area contributed by atoms with E-state index < -0.39 is 4.92 Å². The maximum absolute atomic E-state index is 10.9. The zero-order chi connectivity index (χ0) is 19.6. The molecule has 4 rings (SSSR count). The number of hydrogen-bond acceptors (Lipinski definition) is 8. The average molecular weight is 440 g/mol. The number of hydrogen-bond donors (Lipinski definition) is 0. The molecule has 156 valence electrons. The molecule has 0 saturated heterocycles. The van der Waals surface area contributed by atoms with Crippen molar-refractivity contribution >= 4 is 48.8 Å². The standard InChI is InChI=1S/C9H8N2O3S.C9H9NOS.CH4.FH/c1-5-10-6-3-4-7(14-2)8(11(12)13)9(6)15-5;1-6-10-8-4-3-7(11-2)5-9(8)12-6;;/h3-4H,1-2H3;3-5H,1-2H3;1H4;1H. The molecule has 29 heavy (non-hydrogen) atoms. The minimum atomic E-state index is -0.432. The SMILES string of the molecule is C.COc1ccc2nc(C)sc2c1.COc1ccc2nc(C)sc2c1[N+](=O)[O-].F. The number of rotatable bonds is 3. The van der Waals surface area contributed by atoms with Crippen LogP contribution in [0.2, 0.25) is 0 Å². The number of aromatic nitrogens is 2. The average Bonchev–Trinajstić information content (AvgIpc) is 3.20. The van der Waals surface area contributed by atoms with E-state index in [1.54, 1.807) is 30.6 Å². The third-order valence-electron chi connectivity index (χ3n) is 3.71. The van der Waals surface area contributed by atoms with Crippen LogP contribution < -0.4 is 9.47 Å². The summed E-state index contributed by atoms with van der Waals surface area (Å²) in [5.41, 5.74) is 1.70. The highest BCUT2D eigenvalue weighted by Gasteiger charge is 2.21. The first-order chi connectivity index (χ1) is 12.9. The van der Waals surface area contributed by atoms with Crippen LogP contribution in [0, 0.1) is 24.0 Å². The van der Waals surface area contributed by atoms with Gasteiger partial charge in [-0.2, -0.15) is 0 Å². The van der Waals surface area contributed by atoms with Crippen LogP contribution in [-0.4, -0.2) is 29.1 Å². The van der Waals surface area contributed by atoms with Crippen molar-refractivity contribution in [1.82, 2.24) is 9.97 Å². The van der Waals surface area contributed by atoms with Gasteiger partial charge in [-0.05, 0) is 44.2 Å². The van der Waals surface area contributed by atoms with E-state index in [-0.39, 0.29) is 23.6 Å². The van der Waals surface area contributed by atoms with Gasteiger partial charge < -0.3 is 9.47 Å². The Morgan fingerprint density at radius 3 is 2.21 bits per heavy atom. The summed E-state index contributed by atoms with van der Waals surface area (Å²) >= 11 is 2.99. The first-order valence-electron chi connectivity index (χ1n) is 7.92. The van der Waals surface area contributed by atoms with Gasteiger partial charge in [0.2, 0.25) is 0 Å². The Morgan fingerprint density at radius 2 is 1.59 bits per heavy atom. The summed E-state index contributed by atoms with van der Waals surface area (Å²) < 4.78 is 11.8. The highest BCUT2D eigenvalue weighted by molar-refractivity contribution is 7.19. The first kappa shape index (κ1) is 24.2. The minimum Gasteiger partial charge on any atom is -0.497 e. The lowest BCUT2D eigenvalue weighted by Gasteiger charge is -2.00. The monoisotopic (exact) mass is 439 g/mol. The number of fused-ring (bicyclic) bond motifs is 2. The molecule has 0 aliphatic rings. The minimum absolute atomic E-state index is 0. The maximum atomic E-state index is 10.9. The fourth-order valence-electron chi connectivity index (χ4n) is 2.56. The maximum Gasteiger partial charge on any atom is 0.330 e. The molecule has 0 bridgehead atoms. The molecule has 0 fully saturated rings. The number of nitro benzene ring substituents is 1. The van der Waals surface area contributed by atoms with E-state index in [4.69, 9.17) is 9.47 Å². The quantitative estimate of drug-likeness (QED) is 0.291. The van der Waals surface area contributed by atoms with Crippen LogP contribution in [0.3, 0.4) is 0 Å². The van der Waals surface area contributed by atoms with Crippen molar-refractivity contribution in [2.24, 2.45) is 0 Å². The summed E-state index contributed by atoms with van der Waals surface area (Å²) in [5.74, 6) is 1.17. The van der Waals surface area contributed by atoms with Gasteiger partial charge in [0.15, 0.2) is 5.75 Å². The van der Waals surface area contributed by atoms with E-state index in [0.29, 0.717) is 10.2 Å². The lowest BCUT2D eigenvalue weighted by Crippen LogP contribution is -1.93. The Hall–Kier alpha value is -2.85. The third-order valence-corrected chi connectivity index (χ3v) is 5.63. The second-order valence-electron chi connectivity index (χ2n) is 5.52. The summed E-state index contributed by atoms with van der Waals surface area (Å²) in [6, 6.07) is 9.23. The number of methoxy groups -OCH3 is 2. The van der Waals surface area contributed by atoms with E-state index in [2.05, 4.69) is 9.97 Å². The summed E-state index contributed by atoms with van der Waals surface area (Å²) in [6.07, 6.45) is 0. The highest BCUT2D eigenvalue weighted by Crippen LogP contribution is 2.38. The second kappa shape index (κ2) is 10.1. The molecule has 2 aromatic heterocycles. The summed E-state index contributed by atoms with van der Waals surface area (Å²) in [4.78, 5) is 19.0. The van der Waals surface area contributed by atoms with Crippen molar-refractivity contribution in [3.05, 3.63) is 50.5 Å². The number of ether oxygens (including phenoxy) is 2. The molecular weight excluding hydrogens is 417 g/mol. The molecule has 0 amide bonds. The molecule has 0 spiro atoms. The molecule has 7 nitrogen and oxygen atoms in total. The van der Waals surface area contributed by atoms with Crippen LogP contribution in [0.5, 0.6) is 11.5 Å². The molecule has 0 unspecified atom stereocenters. The van der Waals surface area contributed by atoms with Gasteiger partial charge in [0.05, 0.1) is 44.9 Å². The topological polar surface area (TPSA) is 87.4 Å². The normalized spacial score (nSPS) is 9.79. The van der Waals surface area contributed by atoms with Crippen LogP contribution in [0.4, 0.5) is 10.4 Å². The fraction of sp³-hybridized carbons (Fsp3) is 0.263. The molecule has 4 aromatic rings. The van der Waals surface area contributed by atoms with Gasteiger partial charge in [-0.25, -0.2) is 9.97 Å². The first-order valence-corrected chi connectivity index (χ1v) is 9.56. The Morgan fingerprint density at radius 1 is 0.966 bits per heavy atom. The van der Waals surface area contributed by atoms with Crippen LogP contribution in [-0.2, 0) is 0 Å². The van der Waals surface area contributed by atoms with Gasteiger partial charge in [0.25, 0.3) is 0 Å². The molecule has 0 radical (unpaired) electrons. The zero-order valence-electron chi connectivity index (χ0n) is 15.6. The predicted molar refractivity (Wildman–Crippen MR) is 118 cm³/mol. The molecule has 0 aliphatic carbocycles. The van der Waals surface area contributed by atoms with Crippen molar-refractivity contribution in [2.75, 3.05) is 14.2 Å². The van der Waals surface area contributed by atoms with E-state index >= 15 is 0 Å². The molecule has 10 heteroatoms. The van der Waals surface area contributed by atoms with Crippen molar-refractivity contribution < 1.29 is 19.1 Å². The smallest absolute Gasteiger partial charge is 0.330 e. The number of aryl methyl sites for hydroxylation is 2. The van der Waals surface area contributed by atoms with Crippen LogP contribution in [0.15, 0.2) is 30.3 Å². The van der Waals surface area contributed by atoms with Crippen molar-refractivity contribution in [3.8, 4) is 11.5 Å². The molecule has 0 saturated carbocycles.